The summed E-state index contributed by atoms with van der Waals surface area (Å²) in [4.78, 5) is 11.9. The molecule has 0 amide bonds. The number of rotatable bonds is 7. The number of hydrogen-bond acceptors (Lipinski definition) is 5. The number of methoxy groups -OCH3 is 1. The van der Waals surface area contributed by atoms with E-state index in [0.29, 0.717) is 25.0 Å². The first-order chi connectivity index (χ1) is 9.40. The van der Waals surface area contributed by atoms with Crippen LogP contribution in [0.25, 0.3) is 0 Å². The molecule has 0 unspecified atom stereocenters. The maximum absolute atomic E-state index is 12.0. The SMILES string of the molecule is CCc1ccc(S(=O)(=O)Cl)cc1C(=O)OCCCOC. The third kappa shape index (κ3) is 4.77. The van der Waals surface area contributed by atoms with Gasteiger partial charge in [0.25, 0.3) is 9.05 Å². The van der Waals surface area contributed by atoms with Crippen molar-refractivity contribution >= 4 is 25.7 Å². The van der Waals surface area contributed by atoms with Crippen molar-refractivity contribution in [3.63, 3.8) is 0 Å². The van der Waals surface area contributed by atoms with Gasteiger partial charge in [-0.2, -0.15) is 0 Å². The molecule has 0 bridgehead atoms. The van der Waals surface area contributed by atoms with Crippen molar-refractivity contribution in [3.8, 4) is 0 Å². The summed E-state index contributed by atoms with van der Waals surface area (Å²) in [5.74, 6) is -0.555. The topological polar surface area (TPSA) is 69.7 Å². The molecule has 1 aromatic rings. The van der Waals surface area contributed by atoms with Gasteiger partial charge >= 0.3 is 5.97 Å². The molecule has 1 aromatic carbocycles. The number of carbonyl (C=O) groups is 1. The number of aryl methyl sites for hydroxylation is 1. The van der Waals surface area contributed by atoms with Gasteiger partial charge in [0.2, 0.25) is 0 Å². The van der Waals surface area contributed by atoms with Crippen LogP contribution < -0.4 is 0 Å². The lowest BCUT2D eigenvalue weighted by molar-refractivity contribution is 0.0467. The summed E-state index contributed by atoms with van der Waals surface area (Å²) >= 11 is 0. The van der Waals surface area contributed by atoms with E-state index in [1.54, 1.807) is 13.2 Å². The Morgan fingerprint density at radius 3 is 2.55 bits per heavy atom. The lowest BCUT2D eigenvalue weighted by Crippen LogP contribution is -2.11. The van der Waals surface area contributed by atoms with Crippen molar-refractivity contribution in [2.75, 3.05) is 20.3 Å². The fourth-order valence-electron chi connectivity index (χ4n) is 1.65. The highest BCUT2D eigenvalue weighted by molar-refractivity contribution is 8.13. The summed E-state index contributed by atoms with van der Waals surface area (Å²) < 4.78 is 32.5. The van der Waals surface area contributed by atoms with Gasteiger partial charge in [0.05, 0.1) is 17.1 Å². The highest BCUT2D eigenvalue weighted by Crippen LogP contribution is 2.20. The molecule has 5 nitrogen and oxygen atoms in total. The molecule has 0 aliphatic rings. The third-order valence-corrected chi connectivity index (χ3v) is 4.04. The number of hydrogen-bond donors (Lipinski definition) is 0. The molecular formula is C13H17ClO5S. The van der Waals surface area contributed by atoms with E-state index in [2.05, 4.69) is 0 Å². The van der Waals surface area contributed by atoms with E-state index < -0.39 is 15.0 Å². The molecule has 0 spiro atoms. The highest BCUT2D eigenvalue weighted by Gasteiger charge is 2.17. The van der Waals surface area contributed by atoms with Crippen LogP contribution in [0.3, 0.4) is 0 Å². The van der Waals surface area contributed by atoms with Crippen molar-refractivity contribution in [2.24, 2.45) is 0 Å². The Morgan fingerprint density at radius 1 is 1.30 bits per heavy atom. The number of esters is 1. The summed E-state index contributed by atoms with van der Waals surface area (Å²) in [5, 5.41) is 0. The fourth-order valence-corrected chi connectivity index (χ4v) is 2.43. The maximum atomic E-state index is 12.0. The van der Waals surface area contributed by atoms with E-state index in [9.17, 15) is 13.2 Å². The number of halogens is 1. The lowest BCUT2D eigenvalue weighted by atomic mass is 10.1. The van der Waals surface area contributed by atoms with E-state index in [0.717, 1.165) is 0 Å². The summed E-state index contributed by atoms with van der Waals surface area (Å²) in [6.45, 7) is 2.57. The van der Waals surface area contributed by atoms with E-state index in [-0.39, 0.29) is 17.1 Å². The zero-order valence-electron chi connectivity index (χ0n) is 11.4. The number of carbonyl (C=O) groups excluding carboxylic acids is 1. The minimum atomic E-state index is -3.87. The van der Waals surface area contributed by atoms with Crippen LogP contribution in [0.2, 0.25) is 0 Å². The van der Waals surface area contributed by atoms with Gasteiger partial charge in [-0.15, -0.1) is 0 Å². The van der Waals surface area contributed by atoms with Gasteiger partial charge in [-0.3, -0.25) is 0 Å². The molecule has 0 aromatic heterocycles. The fraction of sp³-hybridized carbons (Fsp3) is 0.462. The van der Waals surface area contributed by atoms with Crippen LogP contribution in [-0.4, -0.2) is 34.7 Å². The van der Waals surface area contributed by atoms with E-state index in [1.165, 1.54) is 12.1 Å². The molecule has 1 rings (SSSR count). The standard InChI is InChI=1S/C13H17ClO5S/c1-3-10-5-6-11(20(14,16)17)9-12(10)13(15)19-8-4-7-18-2/h5-6,9H,3-4,7-8H2,1-2H3. The van der Waals surface area contributed by atoms with Crippen LogP contribution in [0.5, 0.6) is 0 Å². The Hall–Kier alpha value is -1.11. The summed E-state index contributed by atoms with van der Waals surface area (Å²) in [5.41, 5.74) is 0.942. The van der Waals surface area contributed by atoms with Crippen molar-refractivity contribution in [1.29, 1.82) is 0 Å². The first-order valence-corrected chi connectivity index (χ1v) is 8.44. The normalized spacial score (nSPS) is 11.3. The Kier molecular flexibility index (Phi) is 6.45. The van der Waals surface area contributed by atoms with Gasteiger partial charge in [-0.25, -0.2) is 13.2 Å². The van der Waals surface area contributed by atoms with Crippen molar-refractivity contribution in [3.05, 3.63) is 29.3 Å². The summed E-state index contributed by atoms with van der Waals surface area (Å²) in [7, 11) is 2.97. The van der Waals surface area contributed by atoms with E-state index in [4.69, 9.17) is 20.2 Å². The van der Waals surface area contributed by atoms with Crippen LogP contribution in [0.15, 0.2) is 23.1 Å². The van der Waals surface area contributed by atoms with Gasteiger partial charge in [0.1, 0.15) is 0 Å². The Labute approximate surface area is 123 Å². The molecule has 0 saturated heterocycles. The molecule has 20 heavy (non-hydrogen) atoms. The Bertz CT molecular complexity index is 568. The van der Waals surface area contributed by atoms with Gasteiger partial charge in [-0.1, -0.05) is 13.0 Å². The molecule has 0 aliphatic carbocycles. The largest absolute Gasteiger partial charge is 0.462 e. The Morgan fingerprint density at radius 2 is 2.00 bits per heavy atom. The van der Waals surface area contributed by atoms with Gasteiger partial charge < -0.3 is 9.47 Å². The average molecular weight is 321 g/mol. The van der Waals surface area contributed by atoms with Gasteiger partial charge in [-0.05, 0) is 24.1 Å². The molecular weight excluding hydrogens is 304 g/mol. The monoisotopic (exact) mass is 320 g/mol. The number of benzene rings is 1. The molecule has 7 heteroatoms. The first-order valence-electron chi connectivity index (χ1n) is 6.13. The second-order valence-corrected chi connectivity index (χ2v) is 6.66. The Balaban J connectivity index is 2.93. The molecule has 0 N–H and O–H groups in total. The molecule has 0 radical (unpaired) electrons. The maximum Gasteiger partial charge on any atom is 0.338 e. The molecule has 0 aliphatic heterocycles. The van der Waals surface area contributed by atoms with Crippen molar-refractivity contribution < 1.29 is 22.7 Å². The van der Waals surface area contributed by atoms with Crippen LogP contribution in [0, 0.1) is 0 Å². The minimum absolute atomic E-state index is 0.111. The molecule has 0 heterocycles. The smallest absolute Gasteiger partial charge is 0.338 e. The minimum Gasteiger partial charge on any atom is -0.462 e. The molecule has 0 saturated carbocycles. The van der Waals surface area contributed by atoms with Gasteiger partial charge in [0, 0.05) is 30.8 Å². The zero-order valence-corrected chi connectivity index (χ0v) is 13.0. The van der Waals surface area contributed by atoms with Crippen LogP contribution >= 0.6 is 10.7 Å². The quantitative estimate of drug-likeness (QED) is 0.438. The highest BCUT2D eigenvalue weighted by atomic mass is 35.7. The first kappa shape index (κ1) is 16.9. The van der Waals surface area contributed by atoms with Crippen LogP contribution in [0.4, 0.5) is 0 Å². The number of ether oxygens (including phenoxy) is 2. The zero-order chi connectivity index (χ0) is 15.2. The molecule has 112 valence electrons. The van der Waals surface area contributed by atoms with Gasteiger partial charge in [0.15, 0.2) is 0 Å². The summed E-state index contributed by atoms with van der Waals surface area (Å²) in [6, 6.07) is 4.20. The summed E-state index contributed by atoms with van der Waals surface area (Å²) in [6.07, 6.45) is 1.17. The molecule has 0 atom stereocenters. The molecule has 0 fully saturated rings. The van der Waals surface area contributed by atoms with E-state index >= 15 is 0 Å². The van der Waals surface area contributed by atoms with E-state index in [1.807, 2.05) is 6.92 Å². The van der Waals surface area contributed by atoms with Crippen LogP contribution in [0.1, 0.15) is 29.3 Å². The predicted molar refractivity (Wildman–Crippen MR) is 75.6 cm³/mol. The van der Waals surface area contributed by atoms with Crippen LogP contribution in [-0.2, 0) is 24.9 Å². The van der Waals surface area contributed by atoms with Crippen molar-refractivity contribution in [1.82, 2.24) is 0 Å². The second kappa shape index (κ2) is 7.61. The average Bonchev–Trinajstić information content (AvgIpc) is 2.41. The predicted octanol–water partition coefficient (Wildman–Crippen LogP) is 2.37. The second-order valence-electron chi connectivity index (χ2n) is 4.09. The van der Waals surface area contributed by atoms with Crippen molar-refractivity contribution in [2.45, 2.75) is 24.7 Å². The third-order valence-electron chi connectivity index (χ3n) is 2.69. The lowest BCUT2D eigenvalue weighted by Gasteiger charge is -2.09.